The van der Waals surface area contributed by atoms with Crippen molar-refractivity contribution in [2.75, 3.05) is 18.4 Å². The smallest absolute Gasteiger partial charge is 0.319 e. The van der Waals surface area contributed by atoms with E-state index >= 15 is 0 Å². The number of hydrogen-bond donors (Lipinski definition) is 2. The lowest BCUT2D eigenvalue weighted by molar-refractivity contribution is 0.190. The summed E-state index contributed by atoms with van der Waals surface area (Å²) < 4.78 is 26.1. The van der Waals surface area contributed by atoms with Crippen LogP contribution in [0.3, 0.4) is 0 Å². The molecule has 0 saturated carbocycles. The van der Waals surface area contributed by atoms with Gasteiger partial charge in [-0.3, -0.25) is 4.90 Å². The van der Waals surface area contributed by atoms with Gasteiger partial charge in [0, 0.05) is 37.4 Å². The van der Waals surface area contributed by atoms with Crippen molar-refractivity contribution in [2.45, 2.75) is 25.4 Å². The summed E-state index contributed by atoms with van der Waals surface area (Å²) in [5.74, 6) is -1.91. The van der Waals surface area contributed by atoms with E-state index in [1.54, 1.807) is 0 Å². The second-order valence-electron chi connectivity index (χ2n) is 6.26. The van der Waals surface area contributed by atoms with Gasteiger partial charge in [0.25, 0.3) is 0 Å². The Morgan fingerprint density at radius 3 is 2.44 bits per heavy atom. The Hall–Kier alpha value is -2.47. The number of nitrogens with one attached hydrogen (secondary N) is 2. The zero-order chi connectivity index (χ0) is 17.6. The van der Waals surface area contributed by atoms with Gasteiger partial charge in [-0.15, -0.1) is 0 Å². The monoisotopic (exact) mass is 345 g/mol. The molecule has 1 saturated heterocycles. The molecule has 2 N–H and O–H groups in total. The number of anilines is 1. The minimum Gasteiger partial charge on any atom is -0.335 e. The number of piperidine rings is 1. The molecule has 4 nitrogen and oxygen atoms in total. The molecular weight excluding hydrogens is 324 g/mol. The average Bonchev–Trinajstić information content (AvgIpc) is 2.61. The number of halogens is 2. The molecule has 0 bridgehead atoms. The predicted molar refractivity (Wildman–Crippen MR) is 93.3 cm³/mol. The highest BCUT2D eigenvalue weighted by Crippen LogP contribution is 2.15. The maximum absolute atomic E-state index is 13.2. The van der Waals surface area contributed by atoms with Crippen LogP contribution in [0.5, 0.6) is 0 Å². The molecule has 0 atom stereocenters. The first-order valence-electron chi connectivity index (χ1n) is 8.39. The molecular formula is C19H21F2N3O. The van der Waals surface area contributed by atoms with Gasteiger partial charge in [-0.2, -0.15) is 0 Å². The maximum Gasteiger partial charge on any atom is 0.319 e. The molecule has 0 aliphatic carbocycles. The first kappa shape index (κ1) is 17.4. The summed E-state index contributed by atoms with van der Waals surface area (Å²) >= 11 is 0. The molecule has 1 heterocycles. The van der Waals surface area contributed by atoms with Crippen molar-refractivity contribution in [2.24, 2.45) is 0 Å². The molecule has 1 aliphatic heterocycles. The molecule has 6 heteroatoms. The summed E-state index contributed by atoms with van der Waals surface area (Å²) in [5, 5.41) is 5.43. The van der Waals surface area contributed by atoms with Gasteiger partial charge in [0.15, 0.2) is 11.6 Å². The van der Waals surface area contributed by atoms with E-state index < -0.39 is 17.7 Å². The first-order chi connectivity index (χ1) is 12.1. The first-order valence-corrected chi connectivity index (χ1v) is 8.39. The van der Waals surface area contributed by atoms with Crippen molar-refractivity contribution in [3.8, 4) is 0 Å². The fourth-order valence-electron chi connectivity index (χ4n) is 3.00. The maximum atomic E-state index is 13.2. The molecule has 25 heavy (non-hydrogen) atoms. The number of carbonyl (C=O) groups excluding carboxylic acids is 1. The SMILES string of the molecule is O=C(Nc1ccc(F)c(F)c1)NC1CCN(Cc2ccccc2)CC1. The van der Waals surface area contributed by atoms with Gasteiger partial charge in [0.2, 0.25) is 0 Å². The fourth-order valence-corrected chi connectivity index (χ4v) is 3.00. The summed E-state index contributed by atoms with van der Waals surface area (Å²) in [6.45, 7) is 2.73. The van der Waals surface area contributed by atoms with Gasteiger partial charge in [-0.1, -0.05) is 30.3 Å². The number of carbonyl (C=O) groups is 1. The minimum atomic E-state index is -0.980. The zero-order valence-corrected chi connectivity index (χ0v) is 13.8. The number of benzene rings is 2. The van der Waals surface area contributed by atoms with Crippen molar-refractivity contribution in [3.05, 3.63) is 65.7 Å². The van der Waals surface area contributed by atoms with E-state index in [0.29, 0.717) is 0 Å². The van der Waals surface area contributed by atoms with E-state index in [1.807, 2.05) is 18.2 Å². The lowest BCUT2D eigenvalue weighted by Gasteiger charge is -2.32. The van der Waals surface area contributed by atoms with Gasteiger partial charge in [-0.25, -0.2) is 13.6 Å². The fraction of sp³-hybridized carbons (Fsp3) is 0.316. The van der Waals surface area contributed by atoms with Crippen LogP contribution in [-0.4, -0.2) is 30.1 Å². The number of hydrogen-bond acceptors (Lipinski definition) is 2. The van der Waals surface area contributed by atoms with Crippen LogP contribution in [0, 0.1) is 11.6 Å². The van der Waals surface area contributed by atoms with Crippen LogP contribution in [0.2, 0.25) is 0 Å². The molecule has 1 fully saturated rings. The Kier molecular flexibility index (Phi) is 5.60. The molecule has 2 amide bonds. The largest absolute Gasteiger partial charge is 0.335 e. The van der Waals surface area contributed by atoms with Crippen molar-refractivity contribution in [3.63, 3.8) is 0 Å². The Morgan fingerprint density at radius 1 is 1.04 bits per heavy atom. The van der Waals surface area contributed by atoms with Crippen molar-refractivity contribution >= 4 is 11.7 Å². The Balaban J connectivity index is 1.43. The Bertz CT molecular complexity index is 716. The lowest BCUT2D eigenvalue weighted by Crippen LogP contribution is -2.45. The van der Waals surface area contributed by atoms with Crippen molar-refractivity contribution in [1.82, 2.24) is 10.2 Å². The number of urea groups is 1. The van der Waals surface area contributed by atoms with Crippen LogP contribution in [-0.2, 0) is 6.54 Å². The second-order valence-corrected chi connectivity index (χ2v) is 6.26. The van der Waals surface area contributed by atoms with Crippen LogP contribution in [0.1, 0.15) is 18.4 Å². The quantitative estimate of drug-likeness (QED) is 0.886. The van der Waals surface area contributed by atoms with Crippen LogP contribution in [0.4, 0.5) is 19.3 Å². The third-order valence-corrected chi connectivity index (χ3v) is 4.35. The van der Waals surface area contributed by atoms with Crippen molar-refractivity contribution < 1.29 is 13.6 Å². The third-order valence-electron chi connectivity index (χ3n) is 4.35. The van der Waals surface area contributed by atoms with E-state index in [2.05, 4.69) is 27.7 Å². The lowest BCUT2D eigenvalue weighted by atomic mass is 10.0. The molecule has 0 aromatic heterocycles. The molecule has 0 unspecified atom stereocenters. The Labute approximate surface area is 145 Å². The van der Waals surface area contributed by atoms with E-state index in [0.717, 1.165) is 44.6 Å². The molecule has 0 spiro atoms. The summed E-state index contributed by atoms with van der Waals surface area (Å²) in [7, 11) is 0. The Morgan fingerprint density at radius 2 is 1.76 bits per heavy atom. The second kappa shape index (κ2) is 8.07. The van der Waals surface area contributed by atoms with E-state index in [1.165, 1.54) is 11.6 Å². The number of nitrogens with zero attached hydrogens (tertiary/aromatic N) is 1. The van der Waals surface area contributed by atoms with Crippen LogP contribution >= 0.6 is 0 Å². The zero-order valence-electron chi connectivity index (χ0n) is 13.8. The van der Waals surface area contributed by atoms with E-state index in [-0.39, 0.29) is 11.7 Å². The van der Waals surface area contributed by atoms with E-state index in [9.17, 15) is 13.6 Å². The van der Waals surface area contributed by atoms with Crippen LogP contribution in [0.25, 0.3) is 0 Å². The van der Waals surface area contributed by atoms with Crippen LogP contribution < -0.4 is 10.6 Å². The van der Waals surface area contributed by atoms with E-state index in [4.69, 9.17) is 0 Å². The number of rotatable bonds is 4. The molecule has 0 radical (unpaired) electrons. The molecule has 2 aromatic carbocycles. The highest BCUT2D eigenvalue weighted by molar-refractivity contribution is 5.89. The predicted octanol–water partition coefficient (Wildman–Crippen LogP) is 3.75. The standard InChI is InChI=1S/C19H21F2N3O/c20-17-7-6-16(12-18(17)21)23-19(25)22-15-8-10-24(11-9-15)13-14-4-2-1-3-5-14/h1-7,12,15H,8-11,13H2,(H2,22,23,25). The van der Waals surface area contributed by atoms with Gasteiger partial charge in [-0.05, 0) is 30.5 Å². The number of likely N-dealkylation sites (tertiary alicyclic amines) is 1. The third kappa shape index (κ3) is 5.00. The summed E-state index contributed by atoms with van der Waals surface area (Å²) in [6.07, 6.45) is 1.72. The van der Waals surface area contributed by atoms with Crippen molar-refractivity contribution in [1.29, 1.82) is 0 Å². The summed E-state index contributed by atoms with van der Waals surface area (Å²) in [5.41, 5.74) is 1.52. The molecule has 2 aromatic rings. The van der Waals surface area contributed by atoms with Gasteiger partial charge >= 0.3 is 6.03 Å². The summed E-state index contributed by atoms with van der Waals surface area (Å²) in [6, 6.07) is 13.3. The minimum absolute atomic E-state index is 0.0809. The molecule has 1 aliphatic rings. The summed E-state index contributed by atoms with van der Waals surface area (Å²) in [4.78, 5) is 14.4. The number of amides is 2. The molecule has 3 rings (SSSR count). The normalized spacial score (nSPS) is 15.8. The highest BCUT2D eigenvalue weighted by atomic mass is 19.2. The average molecular weight is 345 g/mol. The highest BCUT2D eigenvalue weighted by Gasteiger charge is 2.20. The van der Waals surface area contributed by atoms with Gasteiger partial charge in [0.1, 0.15) is 0 Å². The topological polar surface area (TPSA) is 44.4 Å². The van der Waals surface area contributed by atoms with Gasteiger partial charge in [0.05, 0.1) is 0 Å². The molecule has 132 valence electrons. The van der Waals surface area contributed by atoms with Gasteiger partial charge < -0.3 is 10.6 Å². The van der Waals surface area contributed by atoms with Crippen LogP contribution in [0.15, 0.2) is 48.5 Å².